The first kappa shape index (κ1) is 33.4. The van der Waals surface area contributed by atoms with E-state index in [1.807, 2.05) is 6.07 Å². The molecule has 256 valence electrons. The first-order chi connectivity index (χ1) is 26.7. The number of hydrogen-bond donors (Lipinski definition) is 0. The minimum absolute atomic E-state index is 0.0222. The van der Waals surface area contributed by atoms with Gasteiger partial charge in [-0.15, -0.1) is 5.11 Å². The highest BCUT2D eigenvalue weighted by Gasteiger charge is 2.38. The third-order valence-corrected chi connectivity index (χ3v) is 12.2. The first-order valence-electron chi connectivity index (χ1n) is 19.2. The number of benzene rings is 8. The lowest BCUT2D eigenvalue weighted by atomic mass is 9.23. The van der Waals surface area contributed by atoms with Gasteiger partial charge in [0.05, 0.1) is 34.6 Å². The molecule has 0 saturated carbocycles. The number of rotatable bonds is 6. The summed E-state index contributed by atoms with van der Waals surface area (Å²) in [7, 11) is 11.6. The number of aromatic nitrogens is 2. The van der Waals surface area contributed by atoms with E-state index in [0.717, 1.165) is 44.5 Å². The van der Waals surface area contributed by atoms with E-state index in [1.165, 1.54) is 54.9 Å². The van der Waals surface area contributed by atoms with Gasteiger partial charge >= 0.3 is 0 Å². The third kappa shape index (κ3) is 5.22. The maximum Gasteiger partial charge on any atom is 0.136 e. The second-order valence-corrected chi connectivity index (χ2v) is 16.4. The zero-order chi connectivity index (χ0) is 37.5. The van der Waals surface area contributed by atoms with E-state index in [2.05, 4.69) is 202 Å². The predicted molar refractivity (Wildman–Crippen MR) is 247 cm³/mol. The second-order valence-electron chi connectivity index (χ2n) is 16.4. The Labute approximate surface area is 325 Å². The van der Waals surface area contributed by atoms with Gasteiger partial charge in [-0.2, -0.15) is 0 Å². The van der Waals surface area contributed by atoms with Crippen molar-refractivity contribution in [1.82, 2.24) is 9.55 Å². The van der Waals surface area contributed by atoms with Crippen LogP contribution in [-0.2, 0) is 5.21 Å². The molecule has 10 rings (SSSR count). The van der Waals surface area contributed by atoms with Crippen molar-refractivity contribution in [2.75, 3.05) is 0 Å². The zero-order valence-electron chi connectivity index (χ0n) is 31.9. The Kier molecular flexibility index (Phi) is 7.58. The van der Waals surface area contributed by atoms with Crippen LogP contribution < -0.4 is 0 Å². The molecule has 0 aliphatic heterocycles. The topological polar surface area (TPSA) is 31.0 Å². The van der Waals surface area contributed by atoms with E-state index in [1.54, 1.807) is 0 Å². The van der Waals surface area contributed by atoms with Crippen molar-refractivity contribution >= 4 is 93.7 Å². The van der Waals surface area contributed by atoms with E-state index in [-0.39, 0.29) is 10.3 Å². The lowest BCUT2D eigenvalue weighted by molar-refractivity contribution is 0.669. The van der Waals surface area contributed by atoms with Gasteiger partial charge in [-0.3, -0.25) is 4.57 Å². The van der Waals surface area contributed by atoms with Crippen molar-refractivity contribution in [1.29, 1.82) is 0 Å². The van der Waals surface area contributed by atoms with Gasteiger partial charge in [0.1, 0.15) is 32.7 Å². The number of furan rings is 1. The molecule has 0 radical (unpaired) electrons. The molecule has 0 atom stereocenters. The van der Waals surface area contributed by atoms with Gasteiger partial charge in [-0.1, -0.05) is 121 Å². The van der Waals surface area contributed by atoms with Gasteiger partial charge in [0.25, 0.3) is 0 Å². The quantitative estimate of drug-likeness (QED) is 0.132. The Morgan fingerprint density at radius 2 is 1.11 bits per heavy atom. The van der Waals surface area contributed by atoms with Gasteiger partial charge < -0.3 is 4.42 Å². The number of nitrogens with zero attached hydrogens (tertiary/aromatic N) is 2. The maximum atomic E-state index is 6.45. The molecule has 3 nitrogen and oxygen atoms in total. The minimum atomic E-state index is -0.213. The number of para-hydroxylation sites is 3. The molecule has 0 aliphatic rings. The van der Waals surface area contributed by atoms with Gasteiger partial charge in [0, 0.05) is 16.5 Å². The first-order valence-corrected chi connectivity index (χ1v) is 19.2. The van der Waals surface area contributed by atoms with Crippen LogP contribution in [0, 0.1) is 0 Å². The van der Waals surface area contributed by atoms with Crippen LogP contribution in [-0.4, -0.2) is 48.8 Å². The summed E-state index contributed by atoms with van der Waals surface area (Å²) in [4.78, 5) is 5.31. The van der Waals surface area contributed by atoms with Crippen LogP contribution in [0.5, 0.6) is 0 Å². The molecule has 0 saturated heterocycles. The van der Waals surface area contributed by atoms with Crippen LogP contribution in [0.4, 0.5) is 0 Å². The van der Waals surface area contributed by atoms with Crippen LogP contribution >= 0.6 is 0 Å². The fraction of sp³-hybridized carbons (Fsp3) is 0.0426. The van der Waals surface area contributed by atoms with Gasteiger partial charge in [0.15, 0.2) is 0 Å². The molecule has 0 bridgehead atoms. The van der Waals surface area contributed by atoms with Crippen molar-refractivity contribution in [2.45, 2.75) is 10.3 Å². The highest BCUT2D eigenvalue weighted by Crippen LogP contribution is 2.48. The highest BCUT2D eigenvalue weighted by molar-refractivity contribution is 6.67. The van der Waals surface area contributed by atoms with E-state index in [9.17, 15) is 0 Å². The third-order valence-electron chi connectivity index (χ3n) is 12.2. The minimum Gasteiger partial charge on any atom is -0.456 e. The summed E-state index contributed by atoms with van der Waals surface area (Å²) in [6, 6.07) is 59.1. The average molecular weight is 700 g/mol. The molecular formula is C47H37B5N2O. The van der Waals surface area contributed by atoms with Crippen molar-refractivity contribution in [3.63, 3.8) is 0 Å². The molecule has 8 heteroatoms. The lowest BCUT2D eigenvalue weighted by Crippen LogP contribution is -2.45. The summed E-state index contributed by atoms with van der Waals surface area (Å²) in [5.74, 6) is 1.07. The summed E-state index contributed by atoms with van der Waals surface area (Å²) in [5.41, 5.74) is 12.2. The normalized spacial score (nSPS) is 12.4. The molecule has 8 aromatic carbocycles. The Morgan fingerprint density at radius 1 is 0.473 bits per heavy atom. The molecule has 2 aromatic heterocycles. The summed E-state index contributed by atoms with van der Waals surface area (Å²) in [5, 5.41) is 6.88. The molecule has 0 N–H and O–H groups in total. The van der Waals surface area contributed by atoms with Crippen LogP contribution in [0.1, 0.15) is 5.82 Å². The molecule has 0 aliphatic carbocycles. The van der Waals surface area contributed by atoms with Crippen molar-refractivity contribution < 1.29 is 4.42 Å². The molecule has 0 unspecified atom stereocenters. The maximum absolute atomic E-state index is 6.45. The average Bonchev–Trinajstić information content (AvgIpc) is 3.79. The predicted octanol–water partition coefficient (Wildman–Crippen LogP) is 7.62. The number of imidazole rings is 1. The molecule has 55 heavy (non-hydrogen) atoms. The molecule has 10 aromatic rings. The van der Waals surface area contributed by atoms with Crippen molar-refractivity contribution in [3.05, 3.63) is 170 Å². The van der Waals surface area contributed by atoms with Crippen molar-refractivity contribution in [3.8, 4) is 39.1 Å². The van der Waals surface area contributed by atoms with Crippen LogP contribution in [0.2, 0.25) is 5.11 Å². The smallest absolute Gasteiger partial charge is 0.136 e. The monoisotopic (exact) mass is 700 g/mol. The fourth-order valence-corrected chi connectivity index (χ4v) is 8.42. The highest BCUT2D eigenvalue weighted by atomic mass is 16.3. The lowest BCUT2D eigenvalue weighted by Gasteiger charge is -2.39. The summed E-state index contributed by atoms with van der Waals surface area (Å²) in [6.07, 6.45) is 0. The van der Waals surface area contributed by atoms with Gasteiger partial charge in [-0.25, -0.2) is 4.98 Å². The van der Waals surface area contributed by atoms with Crippen LogP contribution in [0.3, 0.4) is 0 Å². The Morgan fingerprint density at radius 3 is 1.91 bits per heavy atom. The Balaban J connectivity index is 1.30. The van der Waals surface area contributed by atoms with E-state index in [4.69, 9.17) is 9.40 Å². The summed E-state index contributed by atoms with van der Waals surface area (Å²) < 4.78 is 8.84. The van der Waals surface area contributed by atoms with Crippen LogP contribution in [0.25, 0.3) is 93.6 Å². The van der Waals surface area contributed by atoms with Gasteiger partial charge in [-0.05, 0) is 103 Å². The summed E-state index contributed by atoms with van der Waals surface area (Å²) in [6.45, 7) is 0. The Bertz CT molecular complexity index is 3120. The molecular weight excluding hydrogens is 663 g/mol. The SMILES string of the molecule is BC(B)(B)C(B)(B)c1nc2ccccc2n1-c1cccc(-c2c3ccccc3c(-c3cccc4oc5ccccc5c34)c3cc(-c4ccccc4)ccc23)c1. The van der Waals surface area contributed by atoms with E-state index < -0.39 is 0 Å². The second kappa shape index (κ2) is 12.5. The van der Waals surface area contributed by atoms with Crippen LogP contribution in [0.15, 0.2) is 168 Å². The van der Waals surface area contributed by atoms with Gasteiger partial charge in [0.2, 0.25) is 0 Å². The Hall–Kier alpha value is -6.13. The molecule has 0 amide bonds. The molecule has 0 spiro atoms. The molecule has 2 heterocycles. The zero-order valence-corrected chi connectivity index (χ0v) is 31.9. The standard InChI is InChI=1S/C47H37B5N2O/c48-46(49,47(50,51)52)45-53-38-20-7-8-21-39(38)54(45)31-15-10-14-30(26-31)42-32-16-4-5-17-33(32)43(37-27-29(24-25-34(37)42)28-12-2-1-3-13-28)36-19-11-23-41-44(36)35-18-6-9-22-40(35)55-41/h1-27H,48-52H2. The van der Waals surface area contributed by atoms with E-state index >= 15 is 0 Å². The number of fused-ring (bicyclic) bond motifs is 6. The van der Waals surface area contributed by atoms with E-state index in [0.29, 0.717) is 0 Å². The molecule has 0 fully saturated rings. The fourth-order valence-electron chi connectivity index (χ4n) is 8.42. The van der Waals surface area contributed by atoms with Crippen molar-refractivity contribution in [2.24, 2.45) is 0 Å². The summed E-state index contributed by atoms with van der Waals surface area (Å²) >= 11 is 0. The number of hydrogen-bond acceptors (Lipinski definition) is 2. The largest absolute Gasteiger partial charge is 0.456 e.